The van der Waals surface area contributed by atoms with Crippen molar-refractivity contribution in [2.45, 2.75) is 33.4 Å². The van der Waals surface area contributed by atoms with Crippen molar-refractivity contribution in [1.29, 1.82) is 0 Å². The van der Waals surface area contributed by atoms with E-state index in [0.717, 1.165) is 31.1 Å². The Morgan fingerprint density at radius 3 is 2.52 bits per heavy atom. The average molecular weight is 373 g/mol. The molecule has 1 fully saturated rings. The van der Waals surface area contributed by atoms with Crippen molar-refractivity contribution in [1.82, 2.24) is 15.0 Å². The predicted octanol–water partition coefficient (Wildman–Crippen LogP) is 2.74. The van der Waals surface area contributed by atoms with Crippen LogP contribution < -0.4 is 9.47 Å². The lowest BCUT2D eigenvalue weighted by molar-refractivity contribution is 0.0617. The normalized spacial score (nSPS) is 15.2. The molecule has 0 N–H and O–H groups in total. The Kier molecular flexibility index (Phi) is 6.01. The Hall–Kier alpha value is -2.54. The number of aromatic nitrogens is 1. The number of amides is 1. The molecule has 146 valence electrons. The second-order valence-corrected chi connectivity index (χ2v) is 7.04. The standard InChI is InChI=1S/C20H27N3O4/c1-14(2)26-18-6-5-16(12-19(18)25-4)20(24)23-9-7-22(8-10-23)13-17-11-15(3)21-27-17/h5-6,11-12,14H,7-10,13H2,1-4H3. The van der Waals surface area contributed by atoms with Gasteiger partial charge in [0.05, 0.1) is 25.5 Å². The number of methoxy groups -OCH3 is 1. The predicted molar refractivity (Wildman–Crippen MR) is 101 cm³/mol. The van der Waals surface area contributed by atoms with E-state index in [2.05, 4.69) is 10.1 Å². The molecule has 0 atom stereocenters. The fourth-order valence-electron chi connectivity index (χ4n) is 3.15. The van der Waals surface area contributed by atoms with Gasteiger partial charge >= 0.3 is 0 Å². The zero-order chi connectivity index (χ0) is 19.4. The van der Waals surface area contributed by atoms with Gasteiger partial charge in [0, 0.05) is 37.8 Å². The smallest absolute Gasteiger partial charge is 0.254 e. The maximum absolute atomic E-state index is 12.9. The van der Waals surface area contributed by atoms with Crippen LogP contribution in [-0.4, -0.2) is 60.3 Å². The van der Waals surface area contributed by atoms with Gasteiger partial charge in [-0.1, -0.05) is 5.16 Å². The lowest BCUT2D eigenvalue weighted by Gasteiger charge is -2.34. The van der Waals surface area contributed by atoms with Gasteiger partial charge in [0.25, 0.3) is 5.91 Å². The maximum atomic E-state index is 12.9. The number of hydrogen-bond donors (Lipinski definition) is 0. The Labute approximate surface area is 159 Å². The van der Waals surface area contributed by atoms with Crippen LogP contribution in [0.1, 0.15) is 35.7 Å². The van der Waals surface area contributed by atoms with Gasteiger partial charge < -0.3 is 18.9 Å². The molecule has 1 saturated heterocycles. The molecule has 0 unspecified atom stereocenters. The number of hydrogen-bond acceptors (Lipinski definition) is 6. The summed E-state index contributed by atoms with van der Waals surface area (Å²) < 4.78 is 16.4. The molecule has 0 saturated carbocycles. The Morgan fingerprint density at radius 1 is 1.19 bits per heavy atom. The molecule has 0 radical (unpaired) electrons. The van der Waals surface area contributed by atoms with E-state index in [1.54, 1.807) is 25.3 Å². The van der Waals surface area contributed by atoms with Crippen LogP contribution >= 0.6 is 0 Å². The molecule has 0 spiro atoms. The topological polar surface area (TPSA) is 68.0 Å². The summed E-state index contributed by atoms with van der Waals surface area (Å²) in [7, 11) is 1.58. The minimum atomic E-state index is 0.0135. The van der Waals surface area contributed by atoms with Gasteiger partial charge in [-0.25, -0.2) is 0 Å². The van der Waals surface area contributed by atoms with Crippen molar-refractivity contribution in [2.24, 2.45) is 0 Å². The van der Waals surface area contributed by atoms with E-state index in [1.165, 1.54) is 0 Å². The van der Waals surface area contributed by atoms with E-state index in [0.29, 0.717) is 30.2 Å². The monoisotopic (exact) mass is 373 g/mol. The van der Waals surface area contributed by atoms with Crippen LogP contribution in [0.25, 0.3) is 0 Å². The summed E-state index contributed by atoms with van der Waals surface area (Å²) in [4.78, 5) is 17.0. The molecule has 1 aliphatic heterocycles. The Morgan fingerprint density at radius 2 is 1.93 bits per heavy atom. The van der Waals surface area contributed by atoms with Gasteiger partial charge in [-0.15, -0.1) is 0 Å². The molecule has 1 aromatic heterocycles. The van der Waals surface area contributed by atoms with Crippen LogP contribution in [0.3, 0.4) is 0 Å². The highest BCUT2D eigenvalue weighted by atomic mass is 16.5. The largest absolute Gasteiger partial charge is 0.493 e. The second-order valence-electron chi connectivity index (χ2n) is 7.04. The summed E-state index contributed by atoms with van der Waals surface area (Å²) >= 11 is 0. The van der Waals surface area contributed by atoms with Crippen LogP contribution in [0.5, 0.6) is 11.5 Å². The fourth-order valence-corrected chi connectivity index (χ4v) is 3.15. The van der Waals surface area contributed by atoms with Gasteiger partial charge in [-0.3, -0.25) is 9.69 Å². The zero-order valence-electron chi connectivity index (χ0n) is 16.4. The van der Waals surface area contributed by atoms with E-state index in [-0.39, 0.29) is 12.0 Å². The third kappa shape index (κ3) is 4.80. The molecule has 1 aliphatic rings. The lowest BCUT2D eigenvalue weighted by atomic mass is 10.1. The lowest BCUT2D eigenvalue weighted by Crippen LogP contribution is -2.48. The molecule has 7 heteroatoms. The van der Waals surface area contributed by atoms with Gasteiger partial charge in [0.2, 0.25) is 0 Å². The third-order valence-corrected chi connectivity index (χ3v) is 4.49. The summed E-state index contributed by atoms with van der Waals surface area (Å²) in [5, 5.41) is 3.92. The first-order valence-corrected chi connectivity index (χ1v) is 9.25. The number of piperazine rings is 1. The molecule has 1 amide bonds. The number of ether oxygens (including phenoxy) is 2. The molecule has 1 aromatic carbocycles. The summed E-state index contributed by atoms with van der Waals surface area (Å²) in [6.45, 7) is 9.51. The summed E-state index contributed by atoms with van der Waals surface area (Å²) in [5.41, 5.74) is 1.50. The van der Waals surface area contributed by atoms with Crippen LogP contribution in [0.15, 0.2) is 28.8 Å². The van der Waals surface area contributed by atoms with E-state index in [1.807, 2.05) is 31.7 Å². The van der Waals surface area contributed by atoms with Gasteiger partial charge in [-0.05, 0) is 39.0 Å². The van der Waals surface area contributed by atoms with Crippen molar-refractivity contribution in [2.75, 3.05) is 33.3 Å². The second kappa shape index (κ2) is 8.43. The van der Waals surface area contributed by atoms with Crippen molar-refractivity contribution >= 4 is 5.91 Å². The highest BCUT2D eigenvalue weighted by Gasteiger charge is 2.24. The summed E-state index contributed by atoms with van der Waals surface area (Å²) in [5.74, 6) is 2.10. The number of rotatable bonds is 6. The molecular weight excluding hydrogens is 346 g/mol. The summed E-state index contributed by atoms with van der Waals surface area (Å²) in [6.07, 6.45) is 0.0432. The van der Waals surface area contributed by atoms with Gasteiger partial charge in [0.1, 0.15) is 0 Å². The minimum Gasteiger partial charge on any atom is -0.493 e. The molecule has 2 aromatic rings. The first-order valence-electron chi connectivity index (χ1n) is 9.25. The van der Waals surface area contributed by atoms with Crippen LogP contribution in [0, 0.1) is 6.92 Å². The SMILES string of the molecule is COc1cc(C(=O)N2CCN(Cc3cc(C)no3)CC2)ccc1OC(C)C. The quantitative estimate of drug-likeness (QED) is 0.776. The zero-order valence-corrected chi connectivity index (χ0v) is 16.4. The van der Waals surface area contributed by atoms with E-state index in [4.69, 9.17) is 14.0 Å². The molecule has 2 heterocycles. The van der Waals surface area contributed by atoms with Crippen molar-refractivity contribution in [3.63, 3.8) is 0 Å². The highest BCUT2D eigenvalue weighted by molar-refractivity contribution is 5.95. The fraction of sp³-hybridized carbons (Fsp3) is 0.500. The van der Waals surface area contributed by atoms with Crippen LogP contribution in [-0.2, 0) is 6.54 Å². The molecular formula is C20H27N3O4. The molecule has 7 nitrogen and oxygen atoms in total. The van der Waals surface area contributed by atoms with Crippen LogP contribution in [0.4, 0.5) is 0 Å². The molecule has 3 rings (SSSR count). The van der Waals surface area contributed by atoms with Crippen LogP contribution in [0.2, 0.25) is 0 Å². The Bertz CT molecular complexity index is 779. The van der Waals surface area contributed by atoms with E-state index >= 15 is 0 Å². The first kappa shape index (κ1) is 19.2. The van der Waals surface area contributed by atoms with Crippen molar-refractivity contribution in [3.05, 3.63) is 41.3 Å². The number of nitrogens with zero attached hydrogens (tertiary/aromatic N) is 3. The van der Waals surface area contributed by atoms with E-state index in [9.17, 15) is 4.79 Å². The van der Waals surface area contributed by atoms with Crippen molar-refractivity contribution < 1.29 is 18.8 Å². The average Bonchev–Trinajstić information content (AvgIpc) is 3.06. The van der Waals surface area contributed by atoms with Gasteiger partial charge in [0.15, 0.2) is 17.3 Å². The van der Waals surface area contributed by atoms with Gasteiger partial charge in [-0.2, -0.15) is 0 Å². The third-order valence-electron chi connectivity index (χ3n) is 4.49. The van der Waals surface area contributed by atoms with Crippen molar-refractivity contribution in [3.8, 4) is 11.5 Å². The minimum absolute atomic E-state index is 0.0135. The maximum Gasteiger partial charge on any atom is 0.254 e. The number of benzene rings is 1. The molecule has 0 aliphatic carbocycles. The molecule has 27 heavy (non-hydrogen) atoms. The first-order chi connectivity index (χ1) is 13.0. The number of aryl methyl sites for hydroxylation is 1. The number of carbonyl (C=O) groups excluding carboxylic acids is 1. The summed E-state index contributed by atoms with van der Waals surface area (Å²) in [6, 6.07) is 7.30. The van der Waals surface area contributed by atoms with E-state index < -0.39 is 0 Å². The number of carbonyl (C=O) groups is 1. The molecule has 0 bridgehead atoms. The Balaban J connectivity index is 1.60. The highest BCUT2D eigenvalue weighted by Crippen LogP contribution is 2.29.